The van der Waals surface area contributed by atoms with E-state index >= 15 is 0 Å². The molecule has 8 N–H and O–H groups in total. The van der Waals surface area contributed by atoms with Gasteiger partial charge in [-0.25, -0.2) is 28.6 Å². The van der Waals surface area contributed by atoms with E-state index in [2.05, 4.69) is 28.1 Å². The molecule has 1 aliphatic heterocycles. The standard InChI is InChI=1S/C14H18N5O13P3/c15-13-6-1-8-9(2-7(6)16-4-17-13)19(5-18-8)14-12(21)11(20)10(30-14)3-29-34(25,26)32-35(27,28)31-33(22,23)24/h1-2,4-5,10-12,14,20-21H,3H2,(H,25,26)(H,27,28)(H2,15,16,17)(H2,22,23,24)/t10-,11-,12-,14-/m1/s1. The quantitative estimate of drug-likeness (QED) is 0.172. The van der Waals surface area contributed by atoms with Crippen LogP contribution in [0.25, 0.3) is 21.9 Å². The average Bonchev–Trinajstić information content (AvgIpc) is 3.23. The fraction of sp³-hybridized carbons (Fsp3) is 0.357. The highest BCUT2D eigenvalue weighted by atomic mass is 31.3. The van der Waals surface area contributed by atoms with Crippen molar-refractivity contribution < 1.29 is 61.4 Å². The smallest absolute Gasteiger partial charge is 0.387 e. The minimum absolute atomic E-state index is 0.227. The predicted molar refractivity (Wildman–Crippen MR) is 113 cm³/mol. The monoisotopic (exact) mass is 557 g/mol. The number of imidazole rings is 1. The van der Waals surface area contributed by atoms with Gasteiger partial charge in [-0.15, -0.1) is 0 Å². The number of rotatable bonds is 8. The van der Waals surface area contributed by atoms with Crippen LogP contribution in [0.15, 0.2) is 24.8 Å². The van der Waals surface area contributed by atoms with Crippen LogP contribution in [0.5, 0.6) is 0 Å². The van der Waals surface area contributed by atoms with E-state index in [-0.39, 0.29) is 5.82 Å². The topological polar surface area (TPSA) is 279 Å². The fourth-order valence-corrected chi connectivity index (χ4v) is 6.40. The lowest BCUT2D eigenvalue weighted by atomic mass is 10.1. The number of hydrogen-bond donors (Lipinski definition) is 7. The van der Waals surface area contributed by atoms with E-state index < -0.39 is 54.6 Å². The molecule has 1 fully saturated rings. The Kier molecular flexibility index (Phi) is 6.89. The van der Waals surface area contributed by atoms with Gasteiger partial charge < -0.3 is 44.8 Å². The Morgan fingerprint density at radius 1 is 0.971 bits per heavy atom. The van der Waals surface area contributed by atoms with Gasteiger partial charge in [0, 0.05) is 5.39 Å². The molecule has 0 spiro atoms. The number of phosphoric ester groups is 1. The minimum Gasteiger partial charge on any atom is -0.387 e. The summed E-state index contributed by atoms with van der Waals surface area (Å²) in [6.07, 6.45) is -3.38. The predicted octanol–water partition coefficient (Wildman–Crippen LogP) is -0.476. The van der Waals surface area contributed by atoms with Crippen molar-refractivity contribution in [1.82, 2.24) is 19.5 Å². The van der Waals surface area contributed by atoms with E-state index in [1.165, 1.54) is 17.2 Å². The molecule has 0 aliphatic carbocycles. The molecule has 0 bridgehead atoms. The summed E-state index contributed by atoms with van der Waals surface area (Å²) in [5.74, 6) is 0.227. The number of phosphoric acid groups is 3. The summed E-state index contributed by atoms with van der Waals surface area (Å²) in [5, 5.41) is 21.3. The number of nitrogens with zero attached hydrogens (tertiary/aromatic N) is 4. The Labute approximate surface area is 194 Å². The van der Waals surface area contributed by atoms with Gasteiger partial charge in [0.1, 0.15) is 30.5 Å². The summed E-state index contributed by atoms with van der Waals surface area (Å²) >= 11 is 0. The third-order valence-corrected chi connectivity index (χ3v) is 8.59. The van der Waals surface area contributed by atoms with E-state index in [1.807, 2.05) is 0 Å². The van der Waals surface area contributed by atoms with Crippen LogP contribution < -0.4 is 5.73 Å². The molecule has 3 heterocycles. The van der Waals surface area contributed by atoms with Crippen molar-refractivity contribution in [2.75, 3.05) is 12.3 Å². The number of aromatic nitrogens is 4. The summed E-state index contributed by atoms with van der Waals surface area (Å²) < 4.78 is 52.6. The second-order valence-electron chi connectivity index (χ2n) is 7.20. The molecule has 6 atom stereocenters. The van der Waals surface area contributed by atoms with Crippen LogP contribution >= 0.6 is 23.5 Å². The van der Waals surface area contributed by atoms with E-state index in [0.29, 0.717) is 21.9 Å². The summed E-state index contributed by atoms with van der Waals surface area (Å²) in [5.41, 5.74) is 7.17. The number of hydrogen-bond acceptors (Lipinski definition) is 13. The second-order valence-corrected chi connectivity index (χ2v) is 11.6. The highest BCUT2D eigenvalue weighted by molar-refractivity contribution is 7.66. The van der Waals surface area contributed by atoms with Crippen molar-refractivity contribution >= 4 is 51.2 Å². The largest absolute Gasteiger partial charge is 0.490 e. The van der Waals surface area contributed by atoms with Crippen LogP contribution in [-0.2, 0) is 31.6 Å². The maximum atomic E-state index is 11.9. The van der Waals surface area contributed by atoms with Gasteiger partial charge in [-0.2, -0.15) is 8.62 Å². The van der Waals surface area contributed by atoms with Gasteiger partial charge in [0.25, 0.3) is 0 Å². The zero-order chi connectivity index (χ0) is 25.8. The molecule has 4 rings (SSSR count). The van der Waals surface area contributed by atoms with E-state index in [1.54, 1.807) is 12.1 Å². The van der Waals surface area contributed by atoms with E-state index in [4.69, 9.17) is 20.3 Å². The van der Waals surface area contributed by atoms with E-state index in [9.17, 15) is 33.7 Å². The molecule has 2 aromatic heterocycles. The van der Waals surface area contributed by atoms with Crippen molar-refractivity contribution in [3.8, 4) is 0 Å². The van der Waals surface area contributed by atoms with Gasteiger partial charge in [0.2, 0.25) is 0 Å². The lowest BCUT2D eigenvalue weighted by Crippen LogP contribution is -2.33. The average molecular weight is 557 g/mol. The number of ether oxygens (including phenoxy) is 1. The number of nitrogens with two attached hydrogens (primary N) is 1. The Morgan fingerprint density at radius 3 is 2.37 bits per heavy atom. The van der Waals surface area contributed by atoms with Crippen molar-refractivity contribution in [2.45, 2.75) is 24.5 Å². The first-order valence-electron chi connectivity index (χ1n) is 9.32. The van der Waals surface area contributed by atoms with Gasteiger partial charge in [-0.05, 0) is 12.1 Å². The minimum atomic E-state index is -5.71. The zero-order valence-electron chi connectivity index (χ0n) is 17.1. The van der Waals surface area contributed by atoms with Gasteiger partial charge in [-0.3, -0.25) is 4.52 Å². The van der Waals surface area contributed by atoms with Gasteiger partial charge in [0.15, 0.2) is 6.23 Å². The van der Waals surface area contributed by atoms with Crippen molar-refractivity contribution in [1.29, 1.82) is 0 Å². The van der Waals surface area contributed by atoms with Crippen molar-refractivity contribution in [3.63, 3.8) is 0 Å². The van der Waals surface area contributed by atoms with Crippen LogP contribution in [0.2, 0.25) is 0 Å². The van der Waals surface area contributed by atoms with Crippen LogP contribution in [0.1, 0.15) is 6.23 Å². The number of nitrogen functional groups attached to an aromatic ring is 1. The van der Waals surface area contributed by atoms with Crippen LogP contribution in [-0.4, -0.2) is 74.2 Å². The second kappa shape index (κ2) is 9.21. The number of aliphatic hydroxyl groups excluding tert-OH is 2. The Balaban J connectivity index is 1.50. The highest BCUT2D eigenvalue weighted by Gasteiger charge is 2.46. The van der Waals surface area contributed by atoms with Gasteiger partial charge >= 0.3 is 23.5 Å². The number of benzene rings is 1. The maximum Gasteiger partial charge on any atom is 0.490 e. The summed E-state index contributed by atoms with van der Waals surface area (Å²) in [6.45, 7) is -0.947. The molecule has 1 aliphatic rings. The molecule has 18 nitrogen and oxygen atoms in total. The number of aliphatic hydroxyl groups is 2. The maximum absolute atomic E-state index is 11.9. The summed E-state index contributed by atoms with van der Waals surface area (Å²) in [4.78, 5) is 48.1. The fourth-order valence-electron chi connectivity index (χ4n) is 3.37. The first-order chi connectivity index (χ1) is 16.2. The van der Waals surface area contributed by atoms with Crippen molar-refractivity contribution in [3.05, 3.63) is 24.8 Å². The van der Waals surface area contributed by atoms with E-state index in [0.717, 1.165) is 0 Å². The van der Waals surface area contributed by atoms with Gasteiger partial charge in [-0.1, -0.05) is 0 Å². The zero-order valence-corrected chi connectivity index (χ0v) is 19.8. The van der Waals surface area contributed by atoms with Crippen LogP contribution in [0.3, 0.4) is 0 Å². The molecule has 3 aromatic rings. The first-order valence-corrected chi connectivity index (χ1v) is 13.8. The molecule has 1 aromatic carbocycles. The summed E-state index contributed by atoms with van der Waals surface area (Å²) in [7, 11) is -16.7. The third-order valence-electron chi connectivity index (χ3n) is 4.79. The molecule has 1 saturated heterocycles. The highest BCUT2D eigenvalue weighted by Crippen LogP contribution is 2.66. The van der Waals surface area contributed by atoms with Crippen LogP contribution in [0.4, 0.5) is 5.82 Å². The molecule has 2 unspecified atom stereocenters. The Morgan fingerprint density at radius 2 is 1.69 bits per heavy atom. The molecule has 192 valence electrons. The normalized spacial score (nSPS) is 26.7. The lowest BCUT2D eigenvalue weighted by Gasteiger charge is -2.19. The molecule has 21 heteroatoms. The lowest BCUT2D eigenvalue weighted by molar-refractivity contribution is -0.0500. The first kappa shape index (κ1) is 26.2. The van der Waals surface area contributed by atoms with Gasteiger partial charge in [0.05, 0.1) is 29.5 Å². The Hall–Kier alpha value is -1.88. The molecule has 0 saturated carbocycles. The van der Waals surface area contributed by atoms with Crippen molar-refractivity contribution in [2.24, 2.45) is 0 Å². The van der Waals surface area contributed by atoms with Crippen LogP contribution in [0, 0.1) is 0 Å². The molecule has 35 heavy (non-hydrogen) atoms. The SMILES string of the molecule is Nc1ncnc2cc3c(cc12)ncn3[C@@H]1O[C@H](COP(=O)(O)OP(=O)(O)OP(=O)(O)O)[C@@H](O)[C@H]1O. The Bertz CT molecular complexity index is 1410. The molecule has 0 radical (unpaired) electrons. The number of fused-ring (bicyclic) bond motifs is 2. The number of anilines is 1. The third kappa shape index (κ3) is 5.76. The molecule has 0 amide bonds. The molecular formula is C14H18N5O13P3. The summed E-state index contributed by atoms with van der Waals surface area (Å²) in [6, 6.07) is 3.21. The molecular weight excluding hydrogens is 539 g/mol.